The second-order valence-electron chi connectivity index (χ2n) is 9.26. The molecule has 1 aliphatic heterocycles. The van der Waals surface area contributed by atoms with Crippen molar-refractivity contribution in [2.45, 2.75) is 38.6 Å². The van der Waals surface area contributed by atoms with Gasteiger partial charge in [0, 0.05) is 29.7 Å². The van der Waals surface area contributed by atoms with Crippen molar-refractivity contribution in [3.63, 3.8) is 0 Å². The number of carbonyl (C=O) groups excluding carboxylic acids is 1. The highest BCUT2D eigenvalue weighted by Crippen LogP contribution is 2.30. The Balaban J connectivity index is 1.36. The Hall–Kier alpha value is -3.09. The lowest BCUT2D eigenvalue weighted by Gasteiger charge is -2.32. The maximum Gasteiger partial charge on any atom is 0.253 e. The van der Waals surface area contributed by atoms with Crippen LogP contribution in [-0.2, 0) is 13.0 Å². The summed E-state index contributed by atoms with van der Waals surface area (Å²) in [5.74, 6) is 1.59. The number of aryl methyl sites for hydroxylation is 1. The van der Waals surface area contributed by atoms with Crippen LogP contribution in [0.25, 0.3) is 0 Å². The molecule has 190 valence electrons. The number of hydrogen-bond acceptors (Lipinski definition) is 5. The summed E-state index contributed by atoms with van der Waals surface area (Å²) >= 11 is 6.02. The fourth-order valence-corrected chi connectivity index (χ4v) is 4.87. The van der Waals surface area contributed by atoms with Crippen LogP contribution >= 0.6 is 11.6 Å². The van der Waals surface area contributed by atoms with E-state index in [0.717, 1.165) is 54.4 Å². The zero-order valence-corrected chi connectivity index (χ0v) is 22.0. The zero-order chi connectivity index (χ0) is 25.5. The van der Waals surface area contributed by atoms with Gasteiger partial charge in [-0.3, -0.25) is 14.7 Å². The number of nitrogens with zero attached hydrogens (tertiary/aromatic N) is 2. The number of likely N-dealkylation sites (tertiary alicyclic amines) is 1. The molecule has 0 spiro atoms. The SMILES string of the molecule is COc1ccc(CCNC(=O)c2ccc(C)nc2C2CCN(Cc3ccc(Cl)cc3)CC2)cc1OC. The molecule has 1 amide bonds. The van der Waals surface area contributed by atoms with E-state index in [1.54, 1.807) is 14.2 Å². The molecule has 1 saturated heterocycles. The highest BCUT2D eigenvalue weighted by molar-refractivity contribution is 6.30. The number of benzene rings is 2. The Morgan fingerprint density at radius 3 is 2.39 bits per heavy atom. The van der Waals surface area contributed by atoms with E-state index < -0.39 is 0 Å². The second kappa shape index (κ2) is 12.2. The number of pyridine rings is 1. The molecule has 36 heavy (non-hydrogen) atoms. The number of rotatable bonds is 9. The molecular formula is C29H34ClN3O3. The van der Waals surface area contributed by atoms with Gasteiger partial charge in [0.1, 0.15) is 0 Å². The number of carbonyl (C=O) groups is 1. The number of halogens is 1. The molecule has 1 fully saturated rings. The average molecular weight is 508 g/mol. The van der Waals surface area contributed by atoms with Crippen LogP contribution < -0.4 is 14.8 Å². The Labute approximate surface area is 218 Å². The van der Waals surface area contributed by atoms with E-state index >= 15 is 0 Å². The summed E-state index contributed by atoms with van der Waals surface area (Å²) < 4.78 is 10.7. The van der Waals surface area contributed by atoms with Gasteiger partial charge in [0.15, 0.2) is 11.5 Å². The van der Waals surface area contributed by atoms with E-state index in [4.69, 9.17) is 26.1 Å². The fraction of sp³-hybridized carbons (Fsp3) is 0.379. The molecule has 1 aliphatic rings. The number of hydrogen-bond donors (Lipinski definition) is 1. The predicted octanol–water partition coefficient (Wildman–Crippen LogP) is 5.41. The molecule has 4 rings (SSSR count). The first-order valence-electron chi connectivity index (χ1n) is 12.4. The Kier molecular flexibility index (Phi) is 8.83. The van der Waals surface area contributed by atoms with Crippen LogP contribution in [0.3, 0.4) is 0 Å². The van der Waals surface area contributed by atoms with E-state index in [1.165, 1.54) is 5.56 Å². The number of ether oxygens (including phenoxy) is 2. The second-order valence-corrected chi connectivity index (χ2v) is 9.69. The number of piperidine rings is 1. The molecule has 7 heteroatoms. The Morgan fingerprint density at radius 2 is 1.69 bits per heavy atom. The van der Waals surface area contributed by atoms with Gasteiger partial charge in [-0.2, -0.15) is 0 Å². The number of nitrogens with one attached hydrogen (secondary N) is 1. The van der Waals surface area contributed by atoms with Crippen LogP contribution in [0.2, 0.25) is 5.02 Å². The Morgan fingerprint density at radius 1 is 1.00 bits per heavy atom. The molecule has 0 atom stereocenters. The molecule has 6 nitrogen and oxygen atoms in total. The van der Waals surface area contributed by atoms with E-state index in [1.807, 2.05) is 49.4 Å². The van der Waals surface area contributed by atoms with Crippen LogP contribution in [0.4, 0.5) is 0 Å². The largest absolute Gasteiger partial charge is 0.493 e. The van der Waals surface area contributed by atoms with E-state index in [9.17, 15) is 4.79 Å². The van der Waals surface area contributed by atoms with Gasteiger partial charge in [0.05, 0.1) is 25.5 Å². The molecule has 0 bridgehead atoms. The van der Waals surface area contributed by atoms with Crippen LogP contribution in [0.5, 0.6) is 11.5 Å². The van der Waals surface area contributed by atoms with Crippen LogP contribution in [-0.4, -0.2) is 49.6 Å². The van der Waals surface area contributed by atoms with E-state index in [-0.39, 0.29) is 11.8 Å². The van der Waals surface area contributed by atoms with Crippen molar-refractivity contribution in [3.05, 3.63) is 87.7 Å². The van der Waals surface area contributed by atoms with Gasteiger partial charge in [-0.15, -0.1) is 0 Å². The Bertz CT molecular complexity index is 1170. The van der Waals surface area contributed by atoms with Crippen molar-refractivity contribution in [1.82, 2.24) is 15.2 Å². The fourth-order valence-electron chi connectivity index (χ4n) is 4.74. The van der Waals surface area contributed by atoms with Crippen LogP contribution in [0.1, 0.15) is 51.6 Å². The standard InChI is InChI=1S/C29H34ClN3O3/c1-20-4-10-25(29(34)31-15-12-21-7-11-26(35-2)27(18-21)36-3)28(32-20)23-13-16-33(17-14-23)19-22-5-8-24(30)9-6-22/h4-11,18,23H,12-17,19H2,1-3H3,(H,31,34). The van der Waals surface area contributed by atoms with Gasteiger partial charge < -0.3 is 14.8 Å². The summed E-state index contributed by atoms with van der Waals surface area (Å²) in [4.78, 5) is 20.4. The minimum Gasteiger partial charge on any atom is -0.493 e. The molecule has 0 unspecified atom stereocenters. The molecule has 1 aromatic heterocycles. The summed E-state index contributed by atoms with van der Waals surface area (Å²) in [6, 6.07) is 17.7. The van der Waals surface area contributed by atoms with Gasteiger partial charge in [-0.25, -0.2) is 0 Å². The summed E-state index contributed by atoms with van der Waals surface area (Å²) in [5.41, 5.74) is 4.88. The van der Waals surface area contributed by atoms with Gasteiger partial charge in [0.25, 0.3) is 5.91 Å². The van der Waals surface area contributed by atoms with Crippen LogP contribution in [0.15, 0.2) is 54.6 Å². The molecule has 0 radical (unpaired) electrons. The lowest BCUT2D eigenvalue weighted by Crippen LogP contribution is -2.34. The zero-order valence-electron chi connectivity index (χ0n) is 21.2. The molecular weight excluding hydrogens is 474 g/mol. The van der Waals surface area contributed by atoms with Crippen molar-refractivity contribution < 1.29 is 14.3 Å². The number of amides is 1. The molecule has 3 aromatic rings. The average Bonchev–Trinajstić information content (AvgIpc) is 2.90. The van der Waals surface area contributed by atoms with E-state index in [0.29, 0.717) is 30.0 Å². The third-order valence-electron chi connectivity index (χ3n) is 6.75. The normalized spacial score (nSPS) is 14.4. The number of aromatic nitrogens is 1. The lowest BCUT2D eigenvalue weighted by atomic mass is 9.89. The lowest BCUT2D eigenvalue weighted by molar-refractivity contribution is 0.0951. The topological polar surface area (TPSA) is 63.7 Å². The number of methoxy groups -OCH3 is 2. The van der Waals surface area contributed by atoms with Gasteiger partial charge in [-0.1, -0.05) is 29.8 Å². The van der Waals surface area contributed by atoms with Gasteiger partial charge in [0.2, 0.25) is 0 Å². The maximum absolute atomic E-state index is 13.1. The molecule has 0 aliphatic carbocycles. The van der Waals surface area contributed by atoms with Crippen molar-refractivity contribution in [2.24, 2.45) is 0 Å². The highest BCUT2D eigenvalue weighted by Gasteiger charge is 2.26. The smallest absolute Gasteiger partial charge is 0.253 e. The third-order valence-corrected chi connectivity index (χ3v) is 7.00. The first kappa shape index (κ1) is 26.0. The first-order valence-corrected chi connectivity index (χ1v) is 12.8. The summed E-state index contributed by atoms with van der Waals surface area (Å²) in [5, 5.41) is 3.85. The third kappa shape index (κ3) is 6.56. The molecule has 0 saturated carbocycles. The highest BCUT2D eigenvalue weighted by atomic mass is 35.5. The van der Waals surface area contributed by atoms with Crippen molar-refractivity contribution in [3.8, 4) is 11.5 Å². The summed E-state index contributed by atoms with van der Waals surface area (Å²) in [6.07, 6.45) is 2.66. The van der Waals surface area contributed by atoms with Crippen molar-refractivity contribution in [1.29, 1.82) is 0 Å². The monoisotopic (exact) mass is 507 g/mol. The van der Waals surface area contributed by atoms with Crippen LogP contribution in [0, 0.1) is 6.92 Å². The molecule has 1 N–H and O–H groups in total. The van der Waals surface area contributed by atoms with Gasteiger partial charge >= 0.3 is 0 Å². The maximum atomic E-state index is 13.1. The molecule has 2 heterocycles. The molecule has 2 aromatic carbocycles. The summed E-state index contributed by atoms with van der Waals surface area (Å²) in [7, 11) is 3.24. The van der Waals surface area contributed by atoms with Crippen molar-refractivity contribution >= 4 is 17.5 Å². The predicted molar refractivity (Wildman–Crippen MR) is 143 cm³/mol. The minimum absolute atomic E-state index is 0.0680. The first-order chi connectivity index (χ1) is 17.5. The van der Waals surface area contributed by atoms with Crippen molar-refractivity contribution in [2.75, 3.05) is 33.9 Å². The summed E-state index contributed by atoms with van der Waals surface area (Å²) in [6.45, 7) is 5.38. The quantitative estimate of drug-likeness (QED) is 0.419. The van der Waals surface area contributed by atoms with E-state index in [2.05, 4.69) is 22.3 Å². The van der Waals surface area contributed by atoms with Gasteiger partial charge in [-0.05, 0) is 86.8 Å². The minimum atomic E-state index is -0.0680.